The first kappa shape index (κ1) is 17.5. The summed E-state index contributed by atoms with van der Waals surface area (Å²) in [5, 5.41) is 10.9. The van der Waals surface area contributed by atoms with Crippen LogP contribution in [0.5, 0.6) is 5.75 Å². The van der Waals surface area contributed by atoms with Gasteiger partial charge in [0.2, 0.25) is 0 Å². The molecule has 0 spiro atoms. The van der Waals surface area contributed by atoms with E-state index in [-0.39, 0.29) is 5.91 Å². The molecule has 6 heteroatoms. The van der Waals surface area contributed by atoms with Crippen LogP contribution in [0.4, 0.5) is 0 Å². The molecular formula is C19H21N3O2S. The molecule has 25 heavy (non-hydrogen) atoms. The van der Waals surface area contributed by atoms with Gasteiger partial charge in [0.25, 0.3) is 5.91 Å². The van der Waals surface area contributed by atoms with E-state index in [1.54, 1.807) is 42.5 Å². The van der Waals surface area contributed by atoms with Gasteiger partial charge in [0.05, 0.1) is 11.6 Å². The summed E-state index contributed by atoms with van der Waals surface area (Å²) < 4.78 is 5.73. The minimum absolute atomic E-state index is 0.0140. The average Bonchev–Trinajstić information content (AvgIpc) is 3.15. The van der Waals surface area contributed by atoms with Crippen molar-refractivity contribution in [3.8, 4) is 11.8 Å². The van der Waals surface area contributed by atoms with E-state index in [1.165, 1.54) is 4.88 Å². The Morgan fingerprint density at radius 3 is 2.56 bits per heavy atom. The zero-order valence-electron chi connectivity index (χ0n) is 14.2. The van der Waals surface area contributed by atoms with Gasteiger partial charge in [0.15, 0.2) is 6.10 Å². The Morgan fingerprint density at radius 2 is 1.96 bits per heavy atom. The van der Waals surface area contributed by atoms with E-state index in [2.05, 4.69) is 28.5 Å². The van der Waals surface area contributed by atoms with Gasteiger partial charge in [-0.15, -0.1) is 11.3 Å². The van der Waals surface area contributed by atoms with Crippen LogP contribution in [-0.4, -0.2) is 48.0 Å². The van der Waals surface area contributed by atoms with Crippen LogP contribution in [0.3, 0.4) is 0 Å². The first-order chi connectivity index (χ1) is 12.2. The molecule has 0 unspecified atom stereocenters. The van der Waals surface area contributed by atoms with E-state index in [1.807, 2.05) is 4.90 Å². The van der Waals surface area contributed by atoms with Crippen LogP contribution in [0, 0.1) is 11.3 Å². The maximum Gasteiger partial charge on any atom is 0.263 e. The van der Waals surface area contributed by atoms with Crippen LogP contribution in [0.25, 0.3) is 0 Å². The fraction of sp³-hybridized carbons (Fsp3) is 0.368. The average molecular weight is 355 g/mol. The molecule has 3 rings (SSSR count). The molecule has 1 saturated heterocycles. The molecular weight excluding hydrogens is 334 g/mol. The molecule has 130 valence electrons. The van der Waals surface area contributed by atoms with Gasteiger partial charge in [-0.1, -0.05) is 6.07 Å². The van der Waals surface area contributed by atoms with Gasteiger partial charge < -0.3 is 9.64 Å². The lowest BCUT2D eigenvalue weighted by Gasteiger charge is -2.35. The van der Waals surface area contributed by atoms with Crippen LogP contribution in [0.2, 0.25) is 0 Å². The number of thiophene rings is 1. The molecule has 1 atom stereocenters. The van der Waals surface area contributed by atoms with Gasteiger partial charge in [-0.25, -0.2) is 0 Å². The third-order valence-electron chi connectivity index (χ3n) is 4.29. The van der Waals surface area contributed by atoms with Crippen molar-refractivity contribution in [3.05, 3.63) is 52.2 Å². The molecule has 1 amide bonds. The molecule has 0 saturated carbocycles. The van der Waals surface area contributed by atoms with Gasteiger partial charge in [-0.2, -0.15) is 5.26 Å². The lowest BCUT2D eigenvalue weighted by molar-refractivity contribution is -0.139. The van der Waals surface area contributed by atoms with Crippen LogP contribution >= 0.6 is 11.3 Å². The van der Waals surface area contributed by atoms with Gasteiger partial charge in [-0.3, -0.25) is 9.69 Å². The summed E-state index contributed by atoms with van der Waals surface area (Å²) in [6, 6.07) is 13.1. The Kier molecular flexibility index (Phi) is 5.69. The number of carbonyl (C=O) groups is 1. The Balaban J connectivity index is 1.48. The van der Waals surface area contributed by atoms with E-state index in [0.717, 1.165) is 32.7 Å². The molecule has 2 heterocycles. The highest BCUT2D eigenvalue weighted by atomic mass is 32.1. The number of rotatable bonds is 5. The largest absolute Gasteiger partial charge is 0.481 e. The van der Waals surface area contributed by atoms with Gasteiger partial charge in [-0.05, 0) is 42.6 Å². The topological polar surface area (TPSA) is 56.6 Å². The fourth-order valence-electron chi connectivity index (χ4n) is 2.87. The lowest BCUT2D eigenvalue weighted by atomic mass is 10.2. The number of piperazine rings is 1. The predicted molar refractivity (Wildman–Crippen MR) is 97.4 cm³/mol. The standard InChI is InChI=1S/C19H21N3O2S/c1-15(24-17-6-4-16(13-20)5-7-17)19(23)22-10-8-21(9-11-22)14-18-3-2-12-25-18/h2-7,12,15H,8-11,14H2,1H3/t15-/m1/s1. The summed E-state index contributed by atoms with van der Waals surface area (Å²) in [5.41, 5.74) is 0.577. The molecule has 1 aliphatic rings. The highest BCUT2D eigenvalue weighted by Gasteiger charge is 2.26. The summed E-state index contributed by atoms with van der Waals surface area (Å²) in [6.45, 7) is 5.95. The molecule has 1 aromatic carbocycles. The number of amides is 1. The minimum atomic E-state index is -0.531. The van der Waals surface area contributed by atoms with Gasteiger partial charge in [0, 0.05) is 37.6 Å². The third-order valence-corrected chi connectivity index (χ3v) is 5.15. The van der Waals surface area contributed by atoms with E-state index in [4.69, 9.17) is 10.00 Å². The second kappa shape index (κ2) is 8.15. The Labute approximate surface area is 152 Å². The van der Waals surface area contributed by atoms with Crippen LogP contribution in [0.1, 0.15) is 17.4 Å². The molecule has 0 N–H and O–H groups in total. The summed E-state index contributed by atoms with van der Waals surface area (Å²) >= 11 is 1.77. The number of nitriles is 1. The van der Waals surface area contributed by atoms with Crippen molar-refractivity contribution in [2.45, 2.75) is 19.6 Å². The fourth-order valence-corrected chi connectivity index (χ4v) is 3.62. The molecule has 0 radical (unpaired) electrons. The number of hydrogen-bond donors (Lipinski definition) is 0. The van der Waals surface area contributed by atoms with Crippen molar-refractivity contribution in [1.82, 2.24) is 9.80 Å². The van der Waals surface area contributed by atoms with Crippen LogP contribution < -0.4 is 4.74 Å². The Bertz CT molecular complexity index is 729. The van der Waals surface area contributed by atoms with Crippen molar-refractivity contribution in [2.75, 3.05) is 26.2 Å². The maximum atomic E-state index is 12.6. The van der Waals surface area contributed by atoms with Crippen LogP contribution in [0.15, 0.2) is 41.8 Å². The van der Waals surface area contributed by atoms with Gasteiger partial charge >= 0.3 is 0 Å². The quantitative estimate of drug-likeness (QED) is 0.827. The Morgan fingerprint density at radius 1 is 1.24 bits per heavy atom. The molecule has 1 fully saturated rings. The smallest absolute Gasteiger partial charge is 0.263 e. The second-order valence-corrected chi connectivity index (χ2v) is 7.11. The van der Waals surface area contributed by atoms with E-state index in [0.29, 0.717) is 11.3 Å². The molecule has 2 aromatic rings. The number of ether oxygens (including phenoxy) is 1. The van der Waals surface area contributed by atoms with Crippen molar-refractivity contribution < 1.29 is 9.53 Å². The zero-order valence-corrected chi connectivity index (χ0v) is 15.0. The predicted octanol–water partition coefficient (Wildman–Crippen LogP) is 2.73. The lowest BCUT2D eigenvalue weighted by Crippen LogP contribution is -2.51. The summed E-state index contributed by atoms with van der Waals surface area (Å²) in [5.74, 6) is 0.622. The normalized spacial score (nSPS) is 16.2. The molecule has 0 bridgehead atoms. The highest BCUT2D eigenvalue weighted by Crippen LogP contribution is 2.16. The third kappa shape index (κ3) is 4.59. The minimum Gasteiger partial charge on any atom is -0.481 e. The SMILES string of the molecule is C[C@@H](Oc1ccc(C#N)cc1)C(=O)N1CCN(Cc2cccs2)CC1. The van der Waals surface area contributed by atoms with Gasteiger partial charge in [0.1, 0.15) is 5.75 Å². The first-order valence-electron chi connectivity index (χ1n) is 8.36. The first-order valence-corrected chi connectivity index (χ1v) is 9.24. The summed E-state index contributed by atoms with van der Waals surface area (Å²) in [4.78, 5) is 18.2. The van der Waals surface area contributed by atoms with E-state index in [9.17, 15) is 4.79 Å². The maximum absolute atomic E-state index is 12.6. The summed E-state index contributed by atoms with van der Waals surface area (Å²) in [6.07, 6.45) is -0.531. The Hall–Kier alpha value is -2.36. The molecule has 5 nitrogen and oxygen atoms in total. The number of hydrogen-bond acceptors (Lipinski definition) is 5. The van der Waals surface area contributed by atoms with Crippen LogP contribution in [-0.2, 0) is 11.3 Å². The number of carbonyl (C=O) groups excluding carboxylic acids is 1. The molecule has 1 aliphatic heterocycles. The van der Waals surface area contributed by atoms with Crippen molar-refractivity contribution >= 4 is 17.2 Å². The second-order valence-electron chi connectivity index (χ2n) is 6.08. The molecule has 0 aliphatic carbocycles. The van der Waals surface area contributed by atoms with Crippen molar-refractivity contribution in [1.29, 1.82) is 5.26 Å². The zero-order chi connectivity index (χ0) is 17.6. The monoisotopic (exact) mass is 355 g/mol. The van der Waals surface area contributed by atoms with Crippen molar-refractivity contribution in [3.63, 3.8) is 0 Å². The molecule has 1 aromatic heterocycles. The number of benzene rings is 1. The van der Waals surface area contributed by atoms with E-state index >= 15 is 0 Å². The van der Waals surface area contributed by atoms with Crippen molar-refractivity contribution in [2.24, 2.45) is 0 Å². The summed E-state index contributed by atoms with van der Waals surface area (Å²) in [7, 11) is 0. The number of nitrogens with zero attached hydrogens (tertiary/aromatic N) is 3. The van der Waals surface area contributed by atoms with E-state index < -0.39 is 6.10 Å². The highest BCUT2D eigenvalue weighted by molar-refractivity contribution is 7.09.